The van der Waals surface area contributed by atoms with Crippen LogP contribution in [0.25, 0.3) is 11.1 Å². The Hall–Kier alpha value is -1.24. The molecule has 0 saturated heterocycles. The molecular weight excluding hydrogens is 124 g/mol. The second-order valence-corrected chi connectivity index (χ2v) is 2.28. The van der Waals surface area contributed by atoms with Gasteiger partial charge in [0.2, 0.25) is 0 Å². The monoisotopic (exact) mass is 131 g/mol. The normalized spacial score (nSPS) is 10.5. The minimum atomic E-state index is 1.06. The Morgan fingerprint density at radius 1 is 1.20 bits per heavy atom. The van der Waals surface area contributed by atoms with Crippen LogP contribution in [-0.2, 0) is 0 Å². The molecule has 0 bridgehead atoms. The highest BCUT2D eigenvalue weighted by Gasteiger charge is 2.03. The van der Waals surface area contributed by atoms with E-state index >= 15 is 0 Å². The van der Waals surface area contributed by atoms with Crippen LogP contribution in [0, 0.1) is 6.92 Å². The van der Waals surface area contributed by atoms with Gasteiger partial charge in [0.05, 0.1) is 12.5 Å². The lowest BCUT2D eigenvalue weighted by Gasteiger charge is -1.95. The van der Waals surface area contributed by atoms with Crippen LogP contribution in [-0.4, -0.2) is 0 Å². The first-order chi connectivity index (χ1) is 4.88. The Bertz CT molecular complexity index is 309. The summed E-state index contributed by atoms with van der Waals surface area (Å²) >= 11 is 0. The second kappa shape index (κ2) is 1.87. The van der Waals surface area contributed by atoms with Crippen molar-refractivity contribution in [2.75, 3.05) is 0 Å². The largest absolute Gasteiger partial charge is 0.472 e. The van der Waals surface area contributed by atoms with Gasteiger partial charge in [-0.3, -0.25) is 0 Å². The number of hydrogen-bond donors (Lipinski definition) is 0. The minimum Gasteiger partial charge on any atom is -0.472 e. The molecular formula is C9H7O. The van der Waals surface area contributed by atoms with E-state index in [1.54, 1.807) is 12.5 Å². The average molecular weight is 131 g/mol. The van der Waals surface area contributed by atoms with Crippen LogP contribution in [0.5, 0.6) is 0 Å². The molecule has 0 atom stereocenters. The third-order valence-electron chi connectivity index (χ3n) is 1.63. The molecule has 0 N–H and O–H groups in total. The molecule has 0 aromatic rings. The Morgan fingerprint density at radius 2 is 2.10 bits per heavy atom. The molecule has 1 aliphatic heterocycles. The SMILES string of the molecule is [CH2]c1ccc2coccc1-2. The second-order valence-electron chi connectivity index (χ2n) is 2.28. The highest BCUT2D eigenvalue weighted by atomic mass is 16.3. The van der Waals surface area contributed by atoms with Gasteiger partial charge >= 0.3 is 0 Å². The van der Waals surface area contributed by atoms with E-state index in [1.165, 1.54) is 5.56 Å². The van der Waals surface area contributed by atoms with Crippen molar-refractivity contribution in [2.45, 2.75) is 0 Å². The molecule has 10 heavy (non-hydrogen) atoms. The van der Waals surface area contributed by atoms with Crippen molar-refractivity contribution >= 4 is 0 Å². The lowest BCUT2D eigenvalue weighted by Crippen LogP contribution is -1.72. The van der Waals surface area contributed by atoms with Crippen LogP contribution < -0.4 is 0 Å². The third kappa shape index (κ3) is 0.637. The van der Waals surface area contributed by atoms with E-state index in [9.17, 15) is 0 Å². The summed E-state index contributed by atoms with van der Waals surface area (Å²) in [6, 6.07) is 5.92. The molecule has 2 rings (SSSR count). The fourth-order valence-corrected chi connectivity index (χ4v) is 1.08. The van der Waals surface area contributed by atoms with E-state index in [1.807, 2.05) is 18.2 Å². The molecule has 1 aliphatic carbocycles. The summed E-state index contributed by atoms with van der Waals surface area (Å²) < 4.78 is 4.98. The molecule has 0 spiro atoms. The summed E-state index contributed by atoms with van der Waals surface area (Å²) in [6.45, 7) is 3.87. The smallest absolute Gasteiger partial charge is 0.0979 e. The van der Waals surface area contributed by atoms with Crippen molar-refractivity contribution in [3.63, 3.8) is 0 Å². The first-order valence-electron chi connectivity index (χ1n) is 3.15. The van der Waals surface area contributed by atoms with Gasteiger partial charge in [-0.15, -0.1) is 0 Å². The van der Waals surface area contributed by atoms with Gasteiger partial charge in [-0.25, -0.2) is 0 Å². The molecule has 0 amide bonds. The minimum absolute atomic E-state index is 1.06. The first-order valence-corrected chi connectivity index (χ1v) is 3.15. The van der Waals surface area contributed by atoms with Crippen molar-refractivity contribution < 1.29 is 4.42 Å². The molecule has 1 heterocycles. The Labute approximate surface area is 59.6 Å². The van der Waals surface area contributed by atoms with Crippen molar-refractivity contribution in [2.24, 2.45) is 0 Å². The molecule has 1 heteroatoms. The molecule has 0 saturated carbocycles. The Kier molecular flexibility index (Phi) is 1.04. The highest BCUT2D eigenvalue weighted by Crippen LogP contribution is 2.25. The Morgan fingerprint density at radius 3 is 2.90 bits per heavy atom. The van der Waals surface area contributed by atoms with Crippen molar-refractivity contribution in [3.05, 3.63) is 43.2 Å². The maximum atomic E-state index is 4.98. The van der Waals surface area contributed by atoms with Crippen molar-refractivity contribution in [3.8, 4) is 11.1 Å². The summed E-state index contributed by atoms with van der Waals surface area (Å²) in [6.07, 6.45) is 3.39. The van der Waals surface area contributed by atoms with Crippen LogP contribution in [0.2, 0.25) is 0 Å². The number of hydrogen-bond acceptors (Lipinski definition) is 1. The van der Waals surface area contributed by atoms with Crippen molar-refractivity contribution in [1.29, 1.82) is 0 Å². The van der Waals surface area contributed by atoms with Gasteiger partial charge in [0, 0.05) is 5.56 Å². The lowest BCUT2D eigenvalue weighted by molar-refractivity contribution is 0.552. The topological polar surface area (TPSA) is 13.1 Å². The van der Waals surface area contributed by atoms with E-state index in [0.29, 0.717) is 0 Å². The van der Waals surface area contributed by atoms with E-state index in [2.05, 4.69) is 6.92 Å². The standard InChI is InChI=1S/C9H7O/c1-7-2-3-8-6-10-5-4-9(7)8/h2-6H,1H2. The molecule has 2 aliphatic rings. The third-order valence-corrected chi connectivity index (χ3v) is 1.63. The van der Waals surface area contributed by atoms with Gasteiger partial charge in [-0.2, -0.15) is 0 Å². The number of fused-ring (bicyclic) bond motifs is 1. The van der Waals surface area contributed by atoms with Gasteiger partial charge in [0.25, 0.3) is 0 Å². The Balaban J connectivity index is 2.78. The molecule has 49 valence electrons. The van der Waals surface area contributed by atoms with Crippen LogP contribution in [0.4, 0.5) is 0 Å². The molecule has 0 aromatic heterocycles. The zero-order chi connectivity index (χ0) is 6.97. The molecule has 0 fully saturated rings. The van der Waals surface area contributed by atoms with Gasteiger partial charge in [0.15, 0.2) is 0 Å². The summed E-state index contributed by atoms with van der Waals surface area (Å²) in [5.41, 5.74) is 3.35. The molecule has 1 nitrogen and oxygen atoms in total. The zero-order valence-corrected chi connectivity index (χ0v) is 5.50. The molecule has 0 unspecified atom stereocenters. The fraction of sp³-hybridized carbons (Fsp3) is 0. The van der Waals surface area contributed by atoms with Gasteiger partial charge < -0.3 is 4.42 Å². The summed E-state index contributed by atoms with van der Waals surface area (Å²) in [5, 5.41) is 0. The predicted octanol–water partition coefficient (Wildman–Crippen LogP) is 2.57. The summed E-state index contributed by atoms with van der Waals surface area (Å²) in [4.78, 5) is 0. The van der Waals surface area contributed by atoms with E-state index in [0.717, 1.165) is 11.1 Å². The number of rotatable bonds is 0. The van der Waals surface area contributed by atoms with Crippen molar-refractivity contribution in [1.82, 2.24) is 0 Å². The highest BCUT2D eigenvalue weighted by molar-refractivity contribution is 5.70. The van der Waals surface area contributed by atoms with Crippen LogP contribution in [0.3, 0.4) is 0 Å². The molecule has 0 aromatic carbocycles. The molecule has 1 radical (unpaired) electrons. The van der Waals surface area contributed by atoms with E-state index < -0.39 is 0 Å². The lowest BCUT2D eigenvalue weighted by atomic mass is 10.1. The predicted molar refractivity (Wildman–Crippen MR) is 39.8 cm³/mol. The van der Waals surface area contributed by atoms with Crippen LogP contribution in [0.15, 0.2) is 35.1 Å². The van der Waals surface area contributed by atoms with E-state index in [4.69, 9.17) is 4.42 Å². The van der Waals surface area contributed by atoms with Gasteiger partial charge in [0.1, 0.15) is 0 Å². The zero-order valence-electron chi connectivity index (χ0n) is 5.50. The van der Waals surface area contributed by atoms with Crippen LogP contribution in [0.1, 0.15) is 5.56 Å². The average Bonchev–Trinajstić information content (AvgIpc) is 2.34. The maximum Gasteiger partial charge on any atom is 0.0979 e. The van der Waals surface area contributed by atoms with Gasteiger partial charge in [-0.1, -0.05) is 12.1 Å². The van der Waals surface area contributed by atoms with Gasteiger partial charge in [-0.05, 0) is 24.1 Å². The first kappa shape index (κ1) is 5.54. The fourth-order valence-electron chi connectivity index (χ4n) is 1.08. The summed E-state index contributed by atoms with van der Waals surface area (Å²) in [7, 11) is 0. The summed E-state index contributed by atoms with van der Waals surface area (Å²) in [5.74, 6) is 0. The van der Waals surface area contributed by atoms with Crippen LogP contribution >= 0.6 is 0 Å². The maximum absolute atomic E-state index is 4.98. The quantitative estimate of drug-likeness (QED) is 0.535. The van der Waals surface area contributed by atoms with E-state index in [-0.39, 0.29) is 0 Å².